The topological polar surface area (TPSA) is 77.8 Å². The SMILES string of the molecule is CCCCCCCCn1c(=O)c(OC(C)=O)c(OCCCC)c2ccc(O)cc21. The van der Waals surface area contributed by atoms with E-state index in [0.717, 1.165) is 32.1 Å². The molecule has 0 spiro atoms. The molecule has 0 saturated heterocycles. The van der Waals surface area contributed by atoms with E-state index in [2.05, 4.69) is 6.92 Å². The number of fused-ring (bicyclic) bond motifs is 1. The summed E-state index contributed by atoms with van der Waals surface area (Å²) in [6.07, 6.45) is 8.34. The Morgan fingerprint density at radius 3 is 2.38 bits per heavy atom. The summed E-state index contributed by atoms with van der Waals surface area (Å²) in [5.74, 6) is -0.286. The zero-order valence-corrected chi connectivity index (χ0v) is 17.8. The van der Waals surface area contributed by atoms with E-state index in [1.165, 1.54) is 26.2 Å². The number of esters is 1. The zero-order valence-electron chi connectivity index (χ0n) is 17.8. The minimum Gasteiger partial charge on any atom is -0.508 e. The van der Waals surface area contributed by atoms with E-state index in [-0.39, 0.29) is 17.2 Å². The van der Waals surface area contributed by atoms with Crippen LogP contribution in [-0.2, 0) is 11.3 Å². The number of aromatic hydroxyl groups is 1. The van der Waals surface area contributed by atoms with Crippen LogP contribution in [0.25, 0.3) is 10.9 Å². The van der Waals surface area contributed by atoms with Crippen molar-refractivity contribution in [3.05, 3.63) is 28.6 Å². The van der Waals surface area contributed by atoms with Crippen LogP contribution in [0, 0.1) is 0 Å². The maximum atomic E-state index is 13.2. The van der Waals surface area contributed by atoms with Gasteiger partial charge in [-0.25, -0.2) is 0 Å². The molecule has 6 heteroatoms. The lowest BCUT2D eigenvalue weighted by molar-refractivity contribution is -0.132. The predicted molar refractivity (Wildman–Crippen MR) is 115 cm³/mol. The molecular weight excluding hydrogens is 370 g/mol. The number of pyridine rings is 1. The Morgan fingerprint density at radius 2 is 1.69 bits per heavy atom. The number of unbranched alkanes of at least 4 members (excludes halogenated alkanes) is 6. The Morgan fingerprint density at radius 1 is 1.00 bits per heavy atom. The summed E-state index contributed by atoms with van der Waals surface area (Å²) in [5.41, 5.74) is 0.185. The summed E-state index contributed by atoms with van der Waals surface area (Å²) in [6, 6.07) is 4.82. The molecule has 0 radical (unpaired) electrons. The molecule has 0 saturated carbocycles. The van der Waals surface area contributed by atoms with Gasteiger partial charge in [-0.05, 0) is 25.0 Å². The van der Waals surface area contributed by atoms with Crippen molar-refractivity contribution in [3.63, 3.8) is 0 Å². The van der Waals surface area contributed by atoms with E-state index in [4.69, 9.17) is 9.47 Å². The van der Waals surface area contributed by atoms with Crippen molar-refractivity contribution in [2.45, 2.75) is 78.7 Å². The second-order valence-corrected chi connectivity index (χ2v) is 7.38. The highest BCUT2D eigenvalue weighted by atomic mass is 16.6. The van der Waals surface area contributed by atoms with Gasteiger partial charge >= 0.3 is 5.97 Å². The van der Waals surface area contributed by atoms with E-state index in [0.29, 0.717) is 24.1 Å². The first-order chi connectivity index (χ1) is 14.0. The Hall–Kier alpha value is -2.50. The molecule has 2 aromatic rings. The molecule has 1 aromatic carbocycles. The van der Waals surface area contributed by atoms with Crippen molar-refractivity contribution in [2.75, 3.05) is 6.61 Å². The number of carbonyl (C=O) groups is 1. The van der Waals surface area contributed by atoms with E-state index in [1.54, 1.807) is 22.8 Å². The Bertz CT molecular complexity index is 872. The van der Waals surface area contributed by atoms with Crippen LogP contribution in [0.5, 0.6) is 17.2 Å². The lowest BCUT2D eigenvalue weighted by atomic mass is 10.1. The number of nitrogens with zero attached hydrogens (tertiary/aromatic N) is 1. The van der Waals surface area contributed by atoms with Crippen LogP contribution in [-0.4, -0.2) is 22.2 Å². The number of phenols is 1. The molecule has 6 nitrogen and oxygen atoms in total. The summed E-state index contributed by atoms with van der Waals surface area (Å²) < 4.78 is 12.7. The average Bonchev–Trinajstić information content (AvgIpc) is 2.68. The average molecular weight is 404 g/mol. The lowest BCUT2D eigenvalue weighted by Gasteiger charge is -2.18. The van der Waals surface area contributed by atoms with Crippen LogP contribution in [0.1, 0.15) is 72.1 Å². The number of ether oxygens (including phenoxy) is 2. The van der Waals surface area contributed by atoms with Gasteiger partial charge in [0.05, 0.1) is 12.1 Å². The highest BCUT2D eigenvalue weighted by Crippen LogP contribution is 2.35. The van der Waals surface area contributed by atoms with Crippen LogP contribution in [0.4, 0.5) is 0 Å². The molecule has 0 atom stereocenters. The zero-order chi connectivity index (χ0) is 21.2. The van der Waals surface area contributed by atoms with Gasteiger partial charge in [0.2, 0.25) is 5.75 Å². The first-order valence-electron chi connectivity index (χ1n) is 10.7. The quantitative estimate of drug-likeness (QED) is 0.391. The minimum absolute atomic E-state index is 0.0715. The smallest absolute Gasteiger partial charge is 0.308 e. The summed E-state index contributed by atoms with van der Waals surface area (Å²) in [7, 11) is 0. The molecule has 0 fully saturated rings. The molecule has 0 unspecified atom stereocenters. The molecule has 1 heterocycles. The molecule has 160 valence electrons. The number of hydrogen-bond acceptors (Lipinski definition) is 5. The van der Waals surface area contributed by atoms with Crippen molar-refractivity contribution in [3.8, 4) is 17.2 Å². The maximum Gasteiger partial charge on any atom is 0.308 e. The molecule has 0 aliphatic carbocycles. The van der Waals surface area contributed by atoms with Crippen molar-refractivity contribution >= 4 is 16.9 Å². The molecule has 1 aromatic heterocycles. The number of aromatic nitrogens is 1. The van der Waals surface area contributed by atoms with Crippen molar-refractivity contribution in [1.82, 2.24) is 4.57 Å². The van der Waals surface area contributed by atoms with Gasteiger partial charge in [0, 0.05) is 24.9 Å². The summed E-state index contributed by atoms with van der Waals surface area (Å²) >= 11 is 0. The van der Waals surface area contributed by atoms with E-state index < -0.39 is 11.5 Å². The lowest BCUT2D eigenvalue weighted by Crippen LogP contribution is -2.25. The summed E-state index contributed by atoms with van der Waals surface area (Å²) in [6.45, 7) is 6.41. The first kappa shape index (κ1) is 22.8. The second-order valence-electron chi connectivity index (χ2n) is 7.38. The third-order valence-corrected chi connectivity index (χ3v) is 4.89. The van der Waals surface area contributed by atoms with Gasteiger partial charge in [-0.15, -0.1) is 0 Å². The van der Waals surface area contributed by atoms with Gasteiger partial charge in [-0.2, -0.15) is 0 Å². The largest absolute Gasteiger partial charge is 0.508 e. The molecule has 0 aliphatic rings. The molecule has 29 heavy (non-hydrogen) atoms. The monoisotopic (exact) mass is 403 g/mol. The minimum atomic E-state index is -0.563. The standard InChI is InChI=1S/C23H33NO5/c1-4-6-8-9-10-11-14-24-20-16-18(26)12-13-19(20)21(28-15-7-5-2)22(23(24)27)29-17(3)25/h12-13,16,26H,4-11,14-15H2,1-3H3. The van der Waals surface area contributed by atoms with Crippen LogP contribution in [0.2, 0.25) is 0 Å². The van der Waals surface area contributed by atoms with Gasteiger partial charge in [-0.1, -0.05) is 52.4 Å². The highest BCUT2D eigenvalue weighted by Gasteiger charge is 2.21. The molecule has 0 amide bonds. The number of benzene rings is 1. The predicted octanol–water partition coefficient (Wildman–Crippen LogP) is 5.17. The highest BCUT2D eigenvalue weighted by molar-refractivity contribution is 5.89. The Kier molecular flexibility index (Phi) is 9.03. The molecular formula is C23H33NO5. The van der Waals surface area contributed by atoms with E-state index >= 15 is 0 Å². The molecule has 0 bridgehead atoms. The van der Waals surface area contributed by atoms with Crippen LogP contribution in [0.15, 0.2) is 23.0 Å². The van der Waals surface area contributed by atoms with Gasteiger partial charge in [0.15, 0.2) is 5.75 Å². The van der Waals surface area contributed by atoms with Crippen molar-refractivity contribution < 1.29 is 19.4 Å². The molecule has 2 rings (SSSR count). The maximum absolute atomic E-state index is 13.2. The van der Waals surface area contributed by atoms with Crippen LogP contribution >= 0.6 is 0 Å². The first-order valence-corrected chi connectivity index (χ1v) is 10.7. The normalized spacial score (nSPS) is 11.0. The van der Waals surface area contributed by atoms with E-state index in [9.17, 15) is 14.7 Å². The van der Waals surface area contributed by atoms with E-state index in [1.807, 2.05) is 6.92 Å². The Labute approximate surface area is 172 Å². The van der Waals surface area contributed by atoms with Crippen LogP contribution < -0.4 is 15.0 Å². The van der Waals surface area contributed by atoms with Crippen LogP contribution in [0.3, 0.4) is 0 Å². The van der Waals surface area contributed by atoms with Gasteiger partial charge < -0.3 is 19.1 Å². The molecule has 0 aliphatic heterocycles. The summed E-state index contributed by atoms with van der Waals surface area (Å²) in [4.78, 5) is 24.8. The third kappa shape index (κ3) is 6.24. The third-order valence-electron chi connectivity index (χ3n) is 4.89. The van der Waals surface area contributed by atoms with Gasteiger partial charge in [0.1, 0.15) is 5.75 Å². The number of phenolic OH excluding ortho intramolecular Hbond substituents is 1. The fraction of sp³-hybridized carbons (Fsp3) is 0.565. The van der Waals surface area contributed by atoms with Gasteiger partial charge in [-0.3, -0.25) is 9.59 Å². The van der Waals surface area contributed by atoms with Crippen molar-refractivity contribution in [2.24, 2.45) is 0 Å². The van der Waals surface area contributed by atoms with Gasteiger partial charge in [0.25, 0.3) is 5.56 Å². The number of aryl methyl sites for hydroxylation is 1. The number of rotatable bonds is 12. The van der Waals surface area contributed by atoms with Crippen molar-refractivity contribution in [1.29, 1.82) is 0 Å². The second kappa shape index (κ2) is 11.5. The summed E-state index contributed by atoms with van der Waals surface area (Å²) in [5, 5.41) is 10.6. The number of carbonyl (C=O) groups excluding carboxylic acids is 1. The fourth-order valence-electron chi connectivity index (χ4n) is 3.35. The Balaban J connectivity index is 2.44. The fourth-order valence-corrected chi connectivity index (χ4v) is 3.35. The molecule has 1 N–H and O–H groups in total. The number of hydrogen-bond donors (Lipinski definition) is 1.